The molecule has 0 aromatic heterocycles. The summed E-state index contributed by atoms with van der Waals surface area (Å²) in [5, 5.41) is 0. The van der Waals surface area contributed by atoms with Crippen LogP contribution in [0.3, 0.4) is 0 Å². The number of rotatable bonds is 2. The van der Waals surface area contributed by atoms with Gasteiger partial charge in [0.1, 0.15) is 0 Å². The lowest BCUT2D eigenvalue weighted by Gasteiger charge is -2.16. The van der Waals surface area contributed by atoms with Gasteiger partial charge in [0.15, 0.2) is 11.5 Å². The van der Waals surface area contributed by atoms with E-state index < -0.39 is 0 Å². The molecule has 0 amide bonds. The number of likely N-dealkylation sites (N-methyl/N-ethyl adjacent to an activating group) is 1. The van der Waals surface area contributed by atoms with Gasteiger partial charge >= 0.3 is 0 Å². The standard InChI is InChI=1S/C12H15NO3.ClH/c1-13(2)5-11-8-3-4-10-12(16-7-15-10)9(8)6-14-11;/h3-4,11H,5-7H2,1-2H3;1H. The highest BCUT2D eigenvalue weighted by Crippen LogP contribution is 2.44. The smallest absolute Gasteiger partial charge is 0.231 e. The van der Waals surface area contributed by atoms with E-state index in [4.69, 9.17) is 14.2 Å². The number of benzene rings is 1. The number of ether oxygens (including phenoxy) is 3. The maximum absolute atomic E-state index is 5.78. The fraction of sp³-hybridized carbons (Fsp3) is 0.500. The first-order chi connectivity index (χ1) is 7.75. The van der Waals surface area contributed by atoms with Crippen molar-refractivity contribution in [3.8, 4) is 11.5 Å². The molecule has 5 heteroatoms. The first-order valence-electron chi connectivity index (χ1n) is 5.43. The Hall–Kier alpha value is -0.970. The second-order valence-corrected chi connectivity index (χ2v) is 4.43. The summed E-state index contributed by atoms with van der Waals surface area (Å²) in [7, 11) is 4.10. The number of hydrogen-bond donors (Lipinski definition) is 0. The summed E-state index contributed by atoms with van der Waals surface area (Å²) in [5.74, 6) is 1.71. The molecule has 1 aromatic rings. The predicted molar refractivity (Wildman–Crippen MR) is 65.9 cm³/mol. The van der Waals surface area contributed by atoms with E-state index in [0.29, 0.717) is 13.4 Å². The quantitative estimate of drug-likeness (QED) is 0.811. The molecule has 17 heavy (non-hydrogen) atoms. The highest BCUT2D eigenvalue weighted by molar-refractivity contribution is 5.85. The molecule has 94 valence electrons. The van der Waals surface area contributed by atoms with Crippen molar-refractivity contribution in [2.24, 2.45) is 0 Å². The average molecular weight is 258 g/mol. The Morgan fingerprint density at radius 2 is 2.12 bits per heavy atom. The molecule has 2 heterocycles. The summed E-state index contributed by atoms with van der Waals surface area (Å²) in [4.78, 5) is 2.13. The Labute approximate surface area is 107 Å². The number of nitrogens with zero attached hydrogens (tertiary/aromatic N) is 1. The van der Waals surface area contributed by atoms with E-state index in [1.807, 2.05) is 20.2 Å². The minimum atomic E-state index is 0. The van der Waals surface area contributed by atoms with E-state index in [-0.39, 0.29) is 18.5 Å². The van der Waals surface area contributed by atoms with Crippen molar-refractivity contribution >= 4 is 12.4 Å². The number of fused-ring (bicyclic) bond motifs is 3. The number of hydrogen-bond acceptors (Lipinski definition) is 4. The van der Waals surface area contributed by atoms with Crippen LogP contribution >= 0.6 is 12.4 Å². The Balaban J connectivity index is 0.00000108. The van der Waals surface area contributed by atoms with Crippen molar-refractivity contribution in [1.82, 2.24) is 4.90 Å². The molecule has 0 saturated carbocycles. The third-order valence-corrected chi connectivity index (χ3v) is 2.99. The molecule has 2 aliphatic heterocycles. The zero-order valence-corrected chi connectivity index (χ0v) is 10.8. The van der Waals surface area contributed by atoms with Crippen LogP contribution in [0.1, 0.15) is 17.2 Å². The van der Waals surface area contributed by atoms with Gasteiger partial charge in [0.2, 0.25) is 6.79 Å². The third kappa shape index (κ3) is 2.08. The van der Waals surface area contributed by atoms with Gasteiger partial charge in [-0.2, -0.15) is 0 Å². The third-order valence-electron chi connectivity index (χ3n) is 2.99. The molecule has 1 unspecified atom stereocenters. The summed E-state index contributed by atoms with van der Waals surface area (Å²) < 4.78 is 16.6. The van der Waals surface area contributed by atoms with Gasteiger partial charge in [-0.05, 0) is 25.7 Å². The van der Waals surface area contributed by atoms with E-state index in [0.717, 1.165) is 23.6 Å². The van der Waals surface area contributed by atoms with Gasteiger partial charge in [-0.25, -0.2) is 0 Å². The summed E-state index contributed by atoms with van der Waals surface area (Å²) in [6.45, 7) is 1.84. The zero-order chi connectivity index (χ0) is 11.1. The molecule has 1 atom stereocenters. The van der Waals surface area contributed by atoms with Gasteiger partial charge in [-0.1, -0.05) is 6.07 Å². The first kappa shape index (κ1) is 12.5. The molecular formula is C12H16ClNO3. The van der Waals surface area contributed by atoms with Crippen LogP contribution < -0.4 is 9.47 Å². The van der Waals surface area contributed by atoms with Gasteiger partial charge in [0.25, 0.3) is 0 Å². The minimum Gasteiger partial charge on any atom is -0.454 e. The van der Waals surface area contributed by atoms with Gasteiger partial charge < -0.3 is 19.1 Å². The van der Waals surface area contributed by atoms with Crippen LogP contribution in [0.15, 0.2) is 12.1 Å². The summed E-state index contributed by atoms with van der Waals surface area (Å²) in [5.41, 5.74) is 2.39. The fourth-order valence-corrected chi connectivity index (χ4v) is 2.25. The molecule has 1 aromatic carbocycles. The van der Waals surface area contributed by atoms with E-state index in [9.17, 15) is 0 Å². The largest absolute Gasteiger partial charge is 0.454 e. The molecule has 2 aliphatic rings. The van der Waals surface area contributed by atoms with Crippen molar-refractivity contribution < 1.29 is 14.2 Å². The molecule has 0 saturated heterocycles. The van der Waals surface area contributed by atoms with Crippen molar-refractivity contribution in [2.75, 3.05) is 27.4 Å². The van der Waals surface area contributed by atoms with Crippen molar-refractivity contribution in [1.29, 1.82) is 0 Å². The maximum atomic E-state index is 5.78. The van der Waals surface area contributed by atoms with Crippen LogP contribution in [0, 0.1) is 0 Å². The zero-order valence-electron chi connectivity index (χ0n) is 9.93. The van der Waals surface area contributed by atoms with E-state index in [1.54, 1.807) is 0 Å². The molecule has 0 fully saturated rings. The molecule has 0 spiro atoms. The molecule has 0 N–H and O–H groups in total. The van der Waals surface area contributed by atoms with Gasteiger partial charge in [0.05, 0.1) is 12.7 Å². The van der Waals surface area contributed by atoms with E-state index >= 15 is 0 Å². The fourth-order valence-electron chi connectivity index (χ4n) is 2.25. The second kappa shape index (κ2) is 4.72. The highest BCUT2D eigenvalue weighted by Gasteiger charge is 2.30. The van der Waals surface area contributed by atoms with Crippen LogP contribution in [0.5, 0.6) is 11.5 Å². The topological polar surface area (TPSA) is 30.9 Å². The van der Waals surface area contributed by atoms with Crippen molar-refractivity contribution in [3.63, 3.8) is 0 Å². The second-order valence-electron chi connectivity index (χ2n) is 4.43. The van der Waals surface area contributed by atoms with Crippen LogP contribution in [0.25, 0.3) is 0 Å². The van der Waals surface area contributed by atoms with Gasteiger partial charge in [0, 0.05) is 12.1 Å². The Morgan fingerprint density at radius 3 is 2.88 bits per heavy atom. The SMILES string of the molecule is CN(C)CC1OCc2c1ccc1c2OCO1.Cl. The molecular weight excluding hydrogens is 242 g/mol. The molecule has 4 nitrogen and oxygen atoms in total. The molecule has 0 radical (unpaired) electrons. The minimum absolute atomic E-state index is 0. The Kier molecular flexibility index (Phi) is 3.47. The van der Waals surface area contributed by atoms with Crippen molar-refractivity contribution in [2.45, 2.75) is 12.7 Å². The van der Waals surface area contributed by atoms with Crippen LogP contribution in [-0.4, -0.2) is 32.3 Å². The van der Waals surface area contributed by atoms with E-state index in [1.165, 1.54) is 5.56 Å². The molecule has 3 rings (SSSR count). The summed E-state index contributed by atoms with van der Waals surface area (Å²) in [6, 6.07) is 4.06. The monoisotopic (exact) mass is 257 g/mol. The van der Waals surface area contributed by atoms with Crippen LogP contribution in [0.2, 0.25) is 0 Å². The first-order valence-corrected chi connectivity index (χ1v) is 5.43. The summed E-state index contributed by atoms with van der Waals surface area (Å²) >= 11 is 0. The Bertz CT molecular complexity index is 422. The van der Waals surface area contributed by atoms with E-state index in [2.05, 4.69) is 11.0 Å². The number of halogens is 1. The predicted octanol–water partition coefficient (Wildman–Crippen LogP) is 1.97. The van der Waals surface area contributed by atoms with Gasteiger partial charge in [-0.15, -0.1) is 12.4 Å². The maximum Gasteiger partial charge on any atom is 0.231 e. The van der Waals surface area contributed by atoms with Crippen LogP contribution in [-0.2, 0) is 11.3 Å². The lowest BCUT2D eigenvalue weighted by atomic mass is 10.0. The highest BCUT2D eigenvalue weighted by atomic mass is 35.5. The lowest BCUT2D eigenvalue weighted by Crippen LogP contribution is -2.19. The molecule has 0 aliphatic carbocycles. The van der Waals surface area contributed by atoms with Crippen molar-refractivity contribution in [3.05, 3.63) is 23.3 Å². The average Bonchev–Trinajstić information content (AvgIpc) is 2.82. The molecule has 0 bridgehead atoms. The van der Waals surface area contributed by atoms with Gasteiger partial charge in [-0.3, -0.25) is 0 Å². The lowest BCUT2D eigenvalue weighted by molar-refractivity contribution is 0.0469. The normalized spacial score (nSPS) is 20.3. The summed E-state index contributed by atoms with van der Waals surface area (Å²) in [6.07, 6.45) is 0.152. The Morgan fingerprint density at radius 1 is 1.29 bits per heavy atom. The van der Waals surface area contributed by atoms with Crippen LogP contribution in [0.4, 0.5) is 0 Å².